The van der Waals surface area contributed by atoms with E-state index in [1.807, 2.05) is 0 Å². The molecule has 1 heterocycles. The molecule has 0 aromatic heterocycles. The highest BCUT2D eigenvalue weighted by atomic mass is 35.5. The minimum absolute atomic E-state index is 0.0640. The first-order chi connectivity index (χ1) is 8.46. The van der Waals surface area contributed by atoms with Gasteiger partial charge in [-0.05, 0) is 31.0 Å². The first kappa shape index (κ1) is 13.7. The van der Waals surface area contributed by atoms with E-state index in [9.17, 15) is 12.8 Å². The van der Waals surface area contributed by atoms with Gasteiger partial charge < -0.3 is 5.73 Å². The summed E-state index contributed by atoms with van der Waals surface area (Å²) in [6, 6.07) is 3.09. The molecule has 0 spiro atoms. The maximum Gasteiger partial charge on any atom is 0.244 e. The Labute approximate surface area is 111 Å². The van der Waals surface area contributed by atoms with Gasteiger partial charge in [0.2, 0.25) is 10.0 Å². The Bertz CT molecular complexity index is 550. The van der Waals surface area contributed by atoms with Crippen LogP contribution < -0.4 is 5.73 Å². The lowest BCUT2D eigenvalue weighted by Gasteiger charge is -2.23. The lowest BCUT2D eigenvalue weighted by atomic mass is 10.2. The molecule has 0 aliphatic carbocycles. The van der Waals surface area contributed by atoms with Crippen LogP contribution in [0.1, 0.15) is 12.8 Å². The van der Waals surface area contributed by atoms with Crippen LogP contribution >= 0.6 is 11.6 Å². The van der Waals surface area contributed by atoms with Crippen molar-refractivity contribution in [1.29, 1.82) is 0 Å². The first-order valence-corrected chi connectivity index (χ1v) is 7.45. The number of rotatable bonds is 3. The molecular formula is C11H14ClFN2O2S. The Hall–Kier alpha value is -0.690. The zero-order valence-corrected chi connectivity index (χ0v) is 11.2. The Morgan fingerprint density at radius 2 is 2.22 bits per heavy atom. The van der Waals surface area contributed by atoms with Crippen molar-refractivity contribution in [2.45, 2.75) is 23.8 Å². The van der Waals surface area contributed by atoms with Gasteiger partial charge >= 0.3 is 0 Å². The van der Waals surface area contributed by atoms with Crippen LogP contribution in [0.15, 0.2) is 23.1 Å². The Kier molecular flexibility index (Phi) is 3.91. The number of nitrogens with zero attached hydrogens (tertiary/aromatic N) is 1. The molecule has 100 valence electrons. The molecule has 2 N–H and O–H groups in total. The summed E-state index contributed by atoms with van der Waals surface area (Å²) in [4.78, 5) is -0.0640. The second-order valence-corrected chi connectivity index (χ2v) is 6.49. The molecule has 18 heavy (non-hydrogen) atoms. The summed E-state index contributed by atoms with van der Waals surface area (Å²) in [6.07, 6.45) is 1.52. The summed E-state index contributed by atoms with van der Waals surface area (Å²) >= 11 is 5.81. The summed E-state index contributed by atoms with van der Waals surface area (Å²) < 4.78 is 39.1. The maximum atomic E-state index is 12.9. The predicted molar refractivity (Wildman–Crippen MR) is 67.4 cm³/mol. The number of hydrogen-bond donors (Lipinski definition) is 1. The monoisotopic (exact) mass is 292 g/mol. The zero-order valence-electron chi connectivity index (χ0n) is 9.64. The number of halogens is 2. The molecule has 2 rings (SSSR count). The molecule has 1 aromatic carbocycles. The van der Waals surface area contributed by atoms with E-state index in [4.69, 9.17) is 17.3 Å². The fourth-order valence-corrected chi connectivity index (χ4v) is 4.38. The van der Waals surface area contributed by atoms with Gasteiger partial charge in [0.1, 0.15) is 10.7 Å². The summed E-state index contributed by atoms with van der Waals surface area (Å²) in [7, 11) is -3.69. The SMILES string of the molecule is NC[C@@H]1CCCN1S(=O)(=O)c1ccc(F)cc1Cl. The average Bonchev–Trinajstić information content (AvgIpc) is 2.76. The van der Waals surface area contributed by atoms with Crippen LogP contribution in [-0.2, 0) is 10.0 Å². The molecule has 1 atom stereocenters. The summed E-state index contributed by atoms with van der Waals surface area (Å²) in [5, 5.41) is -0.0994. The van der Waals surface area contributed by atoms with Gasteiger partial charge in [-0.2, -0.15) is 4.31 Å². The van der Waals surface area contributed by atoms with Crippen LogP contribution in [-0.4, -0.2) is 31.9 Å². The number of benzene rings is 1. The third-order valence-electron chi connectivity index (χ3n) is 3.08. The number of sulfonamides is 1. The zero-order chi connectivity index (χ0) is 13.3. The largest absolute Gasteiger partial charge is 0.329 e. The molecule has 4 nitrogen and oxygen atoms in total. The van der Waals surface area contributed by atoms with Crippen LogP contribution in [0.4, 0.5) is 4.39 Å². The fourth-order valence-electron chi connectivity index (χ4n) is 2.17. The summed E-state index contributed by atoms with van der Waals surface area (Å²) in [5.41, 5.74) is 5.56. The molecular weight excluding hydrogens is 279 g/mol. The second kappa shape index (κ2) is 5.13. The Balaban J connectivity index is 2.42. The highest BCUT2D eigenvalue weighted by molar-refractivity contribution is 7.89. The molecule has 1 aliphatic heterocycles. The molecule has 1 aliphatic rings. The van der Waals surface area contributed by atoms with Crippen molar-refractivity contribution < 1.29 is 12.8 Å². The smallest absolute Gasteiger partial charge is 0.244 e. The molecule has 7 heteroatoms. The average molecular weight is 293 g/mol. The van der Waals surface area contributed by atoms with Crippen molar-refractivity contribution >= 4 is 21.6 Å². The molecule has 1 fully saturated rings. The topological polar surface area (TPSA) is 63.4 Å². The van der Waals surface area contributed by atoms with E-state index >= 15 is 0 Å². The quantitative estimate of drug-likeness (QED) is 0.920. The van der Waals surface area contributed by atoms with Crippen LogP contribution in [0.5, 0.6) is 0 Å². The summed E-state index contributed by atoms with van der Waals surface area (Å²) in [6.45, 7) is 0.704. The van der Waals surface area contributed by atoms with Gasteiger partial charge in [-0.1, -0.05) is 11.6 Å². The predicted octanol–water partition coefficient (Wildman–Crippen LogP) is 1.59. The molecule has 0 saturated carbocycles. The number of hydrogen-bond acceptors (Lipinski definition) is 3. The minimum Gasteiger partial charge on any atom is -0.329 e. The van der Waals surface area contributed by atoms with Gasteiger partial charge in [-0.25, -0.2) is 12.8 Å². The van der Waals surface area contributed by atoms with Gasteiger partial charge in [0, 0.05) is 19.1 Å². The van der Waals surface area contributed by atoms with Crippen LogP contribution in [0.25, 0.3) is 0 Å². The van der Waals surface area contributed by atoms with Gasteiger partial charge in [0.05, 0.1) is 5.02 Å². The van der Waals surface area contributed by atoms with Gasteiger partial charge in [-0.3, -0.25) is 0 Å². The van der Waals surface area contributed by atoms with E-state index in [0.29, 0.717) is 6.54 Å². The Morgan fingerprint density at radius 3 is 2.83 bits per heavy atom. The van der Waals surface area contributed by atoms with E-state index < -0.39 is 15.8 Å². The molecule has 0 amide bonds. The van der Waals surface area contributed by atoms with Crippen LogP contribution in [0, 0.1) is 5.82 Å². The molecule has 1 aromatic rings. The molecule has 0 unspecified atom stereocenters. The Morgan fingerprint density at radius 1 is 1.50 bits per heavy atom. The summed E-state index contributed by atoms with van der Waals surface area (Å²) in [5.74, 6) is -0.559. The highest BCUT2D eigenvalue weighted by Crippen LogP contribution is 2.30. The highest BCUT2D eigenvalue weighted by Gasteiger charge is 2.35. The lowest BCUT2D eigenvalue weighted by molar-refractivity contribution is 0.393. The molecule has 0 radical (unpaired) electrons. The van der Waals surface area contributed by atoms with E-state index in [2.05, 4.69) is 0 Å². The normalized spacial score (nSPS) is 21.4. The van der Waals surface area contributed by atoms with Crippen molar-refractivity contribution in [2.24, 2.45) is 5.73 Å². The molecule has 0 bridgehead atoms. The van der Waals surface area contributed by atoms with Gasteiger partial charge in [-0.15, -0.1) is 0 Å². The minimum atomic E-state index is -3.69. The number of nitrogens with two attached hydrogens (primary N) is 1. The van der Waals surface area contributed by atoms with E-state index in [1.165, 1.54) is 10.4 Å². The third-order valence-corrected chi connectivity index (χ3v) is 5.51. The molecule has 1 saturated heterocycles. The second-order valence-electron chi connectivity index (χ2n) is 4.22. The van der Waals surface area contributed by atoms with Crippen LogP contribution in [0.2, 0.25) is 5.02 Å². The maximum absolute atomic E-state index is 12.9. The van der Waals surface area contributed by atoms with Gasteiger partial charge in [0.15, 0.2) is 0 Å². The van der Waals surface area contributed by atoms with Crippen molar-refractivity contribution in [3.8, 4) is 0 Å². The van der Waals surface area contributed by atoms with E-state index in [-0.39, 0.29) is 22.5 Å². The van der Waals surface area contributed by atoms with E-state index in [0.717, 1.165) is 25.0 Å². The van der Waals surface area contributed by atoms with Crippen molar-refractivity contribution in [3.05, 3.63) is 29.0 Å². The standard InChI is InChI=1S/C11H14ClFN2O2S/c12-10-6-8(13)3-4-11(10)18(16,17)15-5-1-2-9(15)7-14/h3-4,6,9H,1-2,5,7,14H2/t9-/m0/s1. The third kappa shape index (κ3) is 2.38. The van der Waals surface area contributed by atoms with Crippen molar-refractivity contribution in [1.82, 2.24) is 4.31 Å². The first-order valence-electron chi connectivity index (χ1n) is 5.64. The van der Waals surface area contributed by atoms with E-state index in [1.54, 1.807) is 0 Å². The van der Waals surface area contributed by atoms with Crippen molar-refractivity contribution in [3.63, 3.8) is 0 Å². The van der Waals surface area contributed by atoms with Gasteiger partial charge in [0.25, 0.3) is 0 Å². The van der Waals surface area contributed by atoms with Crippen LogP contribution in [0.3, 0.4) is 0 Å². The fraction of sp³-hybridized carbons (Fsp3) is 0.455. The van der Waals surface area contributed by atoms with Crippen molar-refractivity contribution in [2.75, 3.05) is 13.1 Å². The lowest BCUT2D eigenvalue weighted by Crippen LogP contribution is -2.39.